The van der Waals surface area contributed by atoms with Crippen LogP contribution in [0.4, 0.5) is 0 Å². The average Bonchev–Trinajstić information content (AvgIpc) is 3.34. The first-order valence-electron chi connectivity index (χ1n) is 11.6. The van der Waals surface area contributed by atoms with E-state index in [4.69, 9.17) is 0 Å². The van der Waals surface area contributed by atoms with Gasteiger partial charge in [0.05, 0.1) is 0 Å². The highest BCUT2D eigenvalue weighted by molar-refractivity contribution is 5.34. The van der Waals surface area contributed by atoms with Crippen LogP contribution >= 0.6 is 0 Å². The Kier molecular flexibility index (Phi) is 14.7. The van der Waals surface area contributed by atoms with Gasteiger partial charge in [-0.2, -0.15) is 0 Å². The number of hydrogen-bond acceptors (Lipinski definition) is 0. The smallest absolute Gasteiger partial charge is 0.0103 e. The van der Waals surface area contributed by atoms with E-state index in [0.29, 0.717) is 0 Å². The molecule has 0 fully saturated rings. The molecule has 0 radical (unpaired) electrons. The minimum absolute atomic E-state index is 1.37. The summed E-state index contributed by atoms with van der Waals surface area (Å²) in [5, 5.41) is 0. The van der Waals surface area contributed by atoms with Crippen molar-refractivity contribution in [1.82, 2.24) is 0 Å². The number of rotatable bonds is 19. The molecule has 0 aromatic carbocycles. The first kappa shape index (κ1) is 21.8. The summed E-state index contributed by atoms with van der Waals surface area (Å²) in [5.41, 5.74) is 3.69. The molecule has 1 rings (SSSR count). The van der Waals surface area contributed by atoms with Crippen LogP contribution in [0.2, 0.25) is 0 Å². The predicted octanol–water partition coefficient (Wildman–Crippen LogP) is 9.14. The lowest BCUT2D eigenvalue weighted by atomic mass is 10.0. The molecule has 0 bridgehead atoms. The minimum atomic E-state index is 1.37. The van der Waals surface area contributed by atoms with Crippen molar-refractivity contribution in [3.63, 3.8) is 0 Å². The summed E-state index contributed by atoms with van der Waals surface area (Å²) >= 11 is 0. The zero-order valence-electron chi connectivity index (χ0n) is 17.1. The molecular weight excluding hydrogens is 288 g/mol. The molecule has 24 heavy (non-hydrogen) atoms. The number of unbranched alkanes of at least 4 members (excludes halogenated alkanes) is 15. The highest BCUT2D eigenvalue weighted by Gasteiger charge is 2.19. The zero-order valence-corrected chi connectivity index (χ0v) is 17.1. The topological polar surface area (TPSA) is 0 Å². The lowest BCUT2D eigenvalue weighted by Crippen LogP contribution is -1.82. The molecule has 0 heterocycles. The normalized spacial score (nSPS) is 13.8. The van der Waals surface area contributed by atoms with Crippen LogP contribution in [-0.4, -0.2) is 0 Å². The third kappa shape index (κ3) is 13.1. The molecule has 0 saturated carbocycles. The minimum Gasteiger partial charge on any atom is -0.0666 e. The van der Waals surface area contributed by atoms with Crippen molar-refractivity contribution < 1.29 is 0 Å². The fourth-order valence-corrected chi connectivity index (χ4v) is 3.87. The van der Waals surface area contributed by atoms with Gasteiger partial charge < -0.3 is 0 Å². The van der Waals surface area contributed by atoms with Crippen LogP contribution in [0.15, 0.2) is 11.1 Å². The third-order valence-corrected chi connectivity index (χ3v) is 5.72. The SMILES string of the molecule is CCCCCCCCCCCCCC1=C(CCCCCCCC)C1. The second-order valence-electron chi connectivity index (χ2n) is 8.19. The standard InChI is InChI=1S/C24H46/c1-3-5-7-9-11-12-13-14-15-17-19-21-24-22-23(24)20-18-16-10-8-6-4-2/h3-22H2,1-2H3. The Morgan fingerprint density at radius 3 is 1.04 bits per heavy atom. The molecule has 142 valence electrons. The quantitative estimate of drug-likeness (QED) is 0.163. The van der Waals surface area contributed by atoms with Gasteiger partial charge >= 0.3 is 0 Å². The van der Waals surface area contributed by atoms with Gasteiger partial charge in [-0.1, -0.05) is 121 Å². The van der Waals surface area contributed by atoms with Crippen molar-refractivity contribution in [2.45, 2.75) is 142 Å². The Balaban J connectivity index is 1.76. The fourth-order valence-electron chi connectivity index (χ4n) is 3.87. The number of allylic oxidation sites excluding steroid dienone is 2. The Bertz CT molecular complexity index is 299. The summed E-state index contributed by atoms with van der Waals surface area (Å²) in [7, 11) is 0. The maximum Gasteiger partial charge on any atom is -0.0103 e. The van der Waals surface area contributed by atoms with Crippen molar-refractivity contribution in [2.24, 2.45) is 0 Å². The first-order valence-corrected chi connectivity index (χ1v) is 11.6. The highest BCUT2D eigenvalue weighted by Crippen LogP contribution is 2.38. The van der Waals surface area contributed by atoms with Crippen LogP contribution in [0.3, 0.4) is 0 Å². The monoisotopic (exact) mass is 334 g/mol. The molecule has 0 nitrogen and oxygen atoms in total. The van der Waals surface area contributed by atoms with Crippen molar-refractivity contribution in [2.75, 3.05) is 0 Å². The molecule has 0 unspecified atom stereocenters. The van der Waals surface area contributed by atoms with E-state index >= 15 is 0 Å². The van der Waals surface area contributed by atoms with Gasteiger partial charge in [0.25, 0.3) is 0 Å². The Labute approximate surface area is 153 Å². The van der Waals surface area contributed by atoms with Crippen LogP contribution in [0.5, 0.6) is 0 Å². The van der Waals surface area contributed by atoms with E-state index in [1.165, 1.54) is 128 Å². The predicted molar refractivity (Wildman–Crippen MR) is 111 cm³/mol. The van der Waals surface area contributed by atoms with Crippen molar-refractivity contribution >= 4 is 0 Å². The molecule has 0 atom stereocenters. The van der Waals surface area contributed by atoms with Gasteiger partial charge in [-0.25, -0.2) is 0 Å². The van der Waals surface area contributed by atoms with Gasteiger partial charge in [0.1, 0.15) is 0 Å². The molecule has 1 aliphatic carbocycles. The summed E-state index contributed by atoms with van der Waals surface area (Å²) in [6, 6.07) is 0. The Morgan fingerprint density at radius 2 is 0.708 bits per heavy atom. The molecule has 0 amide bonds. The lowest BCUT2D eigenvalue weighted by Gasteiger charge is -2.01. The second-order valence-corrected chi connectivity index (χ2v) is 8.19. The fraction of sp³-hybridized carbons (Fsp3) is 0.917. The van der Waals surface area contributed by atoms with E-state index in [1.54, 1.807) is 0 Å². The molecule has 0 aliphatic heterocycles. The van der Waals surface area contributed by atoms with Crippen LogP contribution in [0.1, 0.15) is 142 Å². The van der Waals surface area contributed by atoms with E-state index in [2.05, 4.69) is 13.8 Å². The van der Waals surface area contributed by atoms with Crippen molar-refractivity contribution in [3.05, 3.63) is 11.1 Å². The first-order chi connectivity index (χ1) is 11.9. The molecule has 0 aromatic heterocycles. The van der Waals surface area contributed by atoms with Gasteiger partial charge in [-0.15, -0.1) is 0 Å². The molecule has 0 saturated heterocycles. The molecular formula is C24H46. The van der Waals surface area contributed by atoms with Gasteiger partial charge in [0.15, 0.2) is 0 Å². The summed E-state index contributed by atoms with van der Waals surface area (Å²) in [4.78, 5) is 0. The molecule has 0 spiro atoms. The van der Waals surface area contributed by atoms with E-state index in [9.17, 15) is 0 Å². The largest absolute Gasteiger partial charge is 0.0666 e. The van der Waals surface area contributed by atoms with Crippen molar-refractivity contribution in [1.29, 1.82) is 0 Å². The molecule has 0 aromatic rings. The van der Waals surface area contributed by atoms with E-state index in [1.807, 2.05) is 11.1 Å². The summed E-state index contributed by atoms with van der Waals surface area (Å²) in [5.74, 6) is 0. The molecule has 1 aliphatic rings. The van der Waals surface area contributed by atoms with E-state index in [-0.39, 0.29) is 0 Å². The van der Waals surface area contributed by atoms with Gasteiger partial charge in [-0.05, 0) is 32.1 Å². The second kappa shape index (κ2) is 16.2. The van der Waals surface area contributed by atoms with Crippen LogP contribution in [-0.2, 0) is 0 Å². The maximum atomic E-state index is 2.30. The third-order valence-electron chi connectivity index (χ3n) is 5.72. The van der Waals surface area contributed by atoms with Crippen LogP contribution in [0, 0.1) is 0 Å². The van der Waals surface area contributed by atoms with E-state index in [0.717, 1.165) is 0 Å². The summed E-state index contributed by atoms with van der Waals surface area (Å²) in [6.45, 7) is 4.60. The van der Waals surface area contributed by atoms with Gasteiger partial charge in [-0.3, -0.25) is 0 Å². The number of hydrogen-bond donors (Lipinski definition) is 0. The van der Waals surface area contributed by atoms with Crippen molar-refractivity contribution in [3.8, 4) is 0 Å². The zero-order chi connectivity index (χ0) is 17.3. The van der Waals surface area contributed by atoms with Gasteiger partial charge in [0.2, 0.25) is 0 Å². The molecule has 0 N–H and O–H groups in total. The summed E-state index contributed by atoms with van der Waals surface area (Å²) in [6.07, 6.45) is 29.0. The highest BCUT2D eigenvalue weighted by atomic mass is 14.2. The maximum absolute atomic E-state index is 2.30. The molecule has 0 heteroatoms. The van der Waals surface area contributed by atoms with Crippen LogP contribution in [0.25, 0.3) is 0 Å². The van der Waals surface area contributed by atoms with Gasteiger partial charge in [0, 0.05) is 0 Å². The Morgan fingerprint density at radius 1 is 0.417 bits per heavy atom. The van der Waals surface area contributed by atoms with E-state index < -0.39 is 0 Å². The average molecular weight is 335 g/mol. The summed E-state index contributed by atoms with van der Waals surface area (Å²) < 4.78 is 0. The Hall–Kier alpha value is -0.260. The lowest BCUT2D eigenvalue weighted by molar-refractivity contribution is 0.550. The van der Waals surface area contributed by atoms with Crippen LogP contribution < -0.4 is 0 Å².